The molecule has 1 amide bonds. The number of amides is 1. The van der Waals surface area contributed by atoms with E-state index in [2.05, 4.69) is 20.4 Å². The molecule has 21 heavy (non-hydrogen) atoms. The standard InChI is InChI=1S/C15H18N4O2/c1-3-13-17-18-14(21-13)9-19-8-10(2)15(20)16-11-6-4-5-7-12(11)19/h4-7,10H,3,8-9H2,1-2H3,(H,16,20). The molecule has 2 aromatic rings. The van der Waals surface area contributed by atoms with Crippen molar-refractivity contribution in [1.29, 1.82) is 0 Å². The maximum atomic E-state index is 12.0. The molecule has 0 radical (unpaired) electrons. The number of fused-ring (bicyclic) bond motifs is 1. The largest absolute Gasteiger partial charge is 0.423 e. The third kappa shape index (κ3) is 2.74. The zero-order valence-corrected chi connectivity index (χ0v) is 12.2. The highest BCUT2D eigenvalue weighted by molar-refractivity contribution is 5.97. The van der Waals surface area contributed by atoms with E-state index < -0.39 is 0 Å². The van der Waals surface area contributed by atoms with Crippen LogP contribution in [0.3, 0.4) is 0 Å². The van der Waals surface area contributed by atoms with E-state index in [1.165, 1.54) is 0 Å². The predicted molar refractivity (Wildman–Crippen MR) is 79.0 cm³/mol. The minimum Gasteiger partial charge on any atom is -0.423 e. The zero-order chi connectivity index (χ0) is 14.8. The van der Waals surface area contributed by atoms with E-state index in [4.69, 9.17) is 4.42 Å². The van der Waals surface area contributed by atoms with Crippen LogP contribution in [0.4, 0.5) is 11.4 Å². The number of aromatic nitrogens is 2. The molecule has 1 aliphatic heterocycles. The molecule has 0 spiro atoms. The average Bonchev–Trinajstić information content (AvgIpc) is 2.90. The predicted octanol–water partition coefficient (Wildman–Crippen LogP) is 2.23. The molecule has 1 N–H and O–H groups in total. The molecule has 110 valence electrons. The minimum absolute atomic E-state index is 0.0322. The van der Waals surface area contributed by atoms with E-state index in [-0.39, 0.29) is 11.8 Å². The van der Waals surface area contributed by atoms with Gasteiger partial charge in [-0.05, 0) is 12.1 Å². The first-order valence-electron chi connectivity index (χ1n) is 7.13. The number of hydrogen-bond donors (Lipinski definition) is 1. The molecule has 1 aromatic heterocycles. The van der Waals surface area contributed by atoms with Gasteiger partial charge in [-0.25, -0.2) is 0 Å². The fourth-order valence-corrected chi connectivity index (χ4v) is 2.43. The summed E-state index contributed by atoms with van der Waals surface area (Å²) in [5.41, 5.74) is 1.80. The molecule has 3 rings (SSSR count). The summed E-state index contributed by atoms with van der Waals surface area (Å²) < 4.78 is 5.58. The second-order valence-corrected chi connectivity index (χ2v) is 5.23. The monoisotopic (exact) mass is 286 g/mol. The van der Waals surface area contributed by atoms with Gasteiger partial charge in [-0.3, -0.25) is 4.79 Å². The van der Waals surface area contributed by atoms with Gasteiger partial charge >= 0.3 is 0 Å². The molecule has 1 aromatic carbocycles. The summed E-state index contributed by atoms with van der Waals surface area (Å²) in [7, 11) is 0. The first kappa shape index (κ1) is 13.6. The Kier molecular flexibility index (Phi) is 3.60. The van der Waals surface area contributed by atoms with E-state index in [0.717, 1.165) is 17.8 Å². The van der Waals surface area contributed by atoms with Crippen LogP contribution in [0.2, 0.25) is 0 Å². The summed E-state index contributed by atoms with van der Waals surface area (Å²) in [6.45, 7) is 5.01. The van der Waals surface area contributed by atoms with Crippen molar-refractivity contribution in [3.05, 3.63) is 36.0 Å². The van der Waals surface area contributed by atoms with Crippen LogP contribution < -0.4 is 10.2 Å². The summed E-state index contributed by atoms with van der Waals surface area (Å²) in [5, 5.41) is 11.0. The van der Waals surface area contributed by atoms with Crippen molar-refractivity contribution >= 4 is 17.3 Å². The quantitative estimate of drug-likeness (QED) is 0.936. The van der Waals surface area contributed by atoms with E-state index in [0.29, 0.717) is 24.9 Å². The number of rotatable bonds is 3. The maximum absolute atomic E-state index is 12.0. The number of aryl methyl sites for hydroxylation is 1. The summed E-state index contributed by atoms with van der Waals surface area (Å²) in [6.07, 6.45) is 0.722. The number of anilines is 2. The first-order chi connectivity index (χ1) is 10.2. The van der Waals surface area contributed by atoms with Gasteiger partial charge in [-0.1, -0.05) is 26.0 Å². The Bertz CT molecular complexity index is 653. The van der Waals surface area contributed by atoms with Gasteiger partial charge in [0.2, 0.25) is 17.7 Å². The molecule has 0 aliphatic carbocycles. The number of carbonyl (C=O) groups is 1. The van der Waals surface area contributed by atoms with Gasteiger partial charge in [0.25, 0.3) is 0 Å². The second kappa shape index (κ2) is 5.55. The number of nitrogens with zero attached hydrogens (tertiary/aromatic N) is 3. The van der Waals surface area contributed by atoms with Crippen molar-refractivity contribution in [1.82, 2.24) is 10.2 Å². The molecular weight excluding hydrogens is 268 g/mol. The van der Waals surface area contributed by atoms with Gasteiger partial charge in [0.1, 0.15) is 0 Å². The Hall–Kier alpha value is -2.37. The molecule has 1 aliphatic rings. The minimum atomic E-state index is -0.106. The second-order valence-electron chi connectivity index (χ2n) is 5.23. The number of carbonyl (C=O) groups excluding carboxylic acids is 1. The van der Waals surface area contributed by atoms with Gasteiger partial charge in [0, 0.05) is 13.0 Å². The number of hydrogen-bond acceptors (Lipinski definition) is 5. The molecule has 0 saturated carbocycles. The normalized spacial score (nSPS) is 18.1. The third-order valence-corrected chi connectivity index (χ3v) is 3.58. The maximum Gasteiger partial charge on any atom is 0.235 e. The highest BCUT2D eigenvalue weighted by Gasteiger charge is 2.25. The summed E-state index contributed by atoms with van der Waals surface area (Å²) in [5.74, 6) is 1.13. The van der Waals surface area contributed by atoms with Gasteiger partial charge < -0.3 is 14.6 Å². The Balaban J connectivity index is 1.90. The van der Waals surface area contributed by atoms with Gasteiger partial charge in [0.15, 0.2) is 0 Å². The van der Waals surface area contributed by atoms with Gasteiger partial charge in [-0.2, -0.15) is 0 Å². The highest BCUT2D eigenvalue weighted by atomic mass is 16.4. The van der Waals surface area contributed by atoms with Crippen molar-refractivity contribution in [2.24, 2.45) is 5.92 Å². The van der Waals surface area contributed by atoms with Gasteiger partial charge in [-0.15, -0.1) is 10.2 Å². The van der Waals surface area contributed by atoms with Crippen LogP contribution in [0.15, 0.2) is 28.7 Å². The average molecular weight is 286 g/mol. The highest BCUT2D eigenvalue weighted by Crippen LogP contribution is 2.30. The SMILES string of the molecule is CCc1nnc(CN2CC(C)C(=O)Nc3ccccc32)o1. The van der Waals surface area contributed by atoms with Crippen LogP contribution in [0.25, 0.3) is 0 Å². The lowest BCUT2D eigenvalue weighted by Gasteiger charge is -2.23. The van der Waals surface area contributed by atoms with Crippen molar-refractivity contribution in [2.45, 2.75) is 26.8 Å². The van der Waals surface area contributed by atoms with Crippen molar-refractivity contribution in [2.75, 3.05) is 16.8 Å². The lowest BCUT2D eigenvalue weighted by molar-refractivity contribution is -0.119. The molecule has 1 unspecified atom stereocenters. The van der Waals surface area contributed by atoms with E-state index in [1.54, 1.807) is 0 Å². The van der Waals surface area contributed by atoms with Crippen molar-refractivity contribution in [3.63, 3.8) is 0 Å². The van der Waals surface area contributed by atoms with Crippen LogP contribution in [0.1, 0.15) is 25.6 Å². The topological polar surface area (TPSA) is 71.3 Å². The van der Waals surface area contributed by atoms with E-state index in [1.807, 2.05) is 38.1 Å². The molecule has 0 saturated heterocycles. The Labute approximate surface area is 123 Å². The molecule has 2 heterocycles. The van der Waals surface area contributed by atoms with Crippen molar-refractivity contribution in [3.8, 4) is 0 Å². The van der Waals surface area contributed by atoms with Crippen LogP contribution in [-0.4, -0.2) is 22.6 Å². The zero-order valence-electron chi connectivity index (χ0n) is 12.2. The van der Waals surface area contributed by atoms with Crippen molar-refractivity contribution < 1.29 is 9.21 Å². The van der Waals surface area contributed by atoms with E-state index in [9.17, 15) is 4.79 Å². The Morgan fingerprint density at radius 1 is 1.33 bits per heavy atom. The number of benzene rings is 1. The van der Waals surface area contributed by atoms with Crippen LogP contribution in [-0.2, 0) is 17.8 Å². The molecule has 6 nitrogen and oxygen atoms in total. The molecule has 1 atom stereocenters. The molecule has 0 bridgehead atoms. The fraction of sp³-hybridized carbons (Fsp3) is 0.400. The molecule has 0 fully saturated rings. The summed E-state index contributed by atoms with van der Waals surface area (Å²) in [6, 6.07) is 7.77. The van der Waals surface area contributed by atoms with Crippen LogP contribution in [0.5, 0.6) is 0 Å². The summed E-state index contributed by atoms with van der Waals surface area (Å²) in [4.78, 5) is 14.1. The van der Waals surface area contributed by atoms with Crippen LogP contribution in [0, 0.1) is 5.92 Å². The van der Waals surface area contributed by atoms with E-state index >= 15 is 0 Å². The molecule has 6 heteroatoms. The van der Waals surface area contributed by atoms with Crippen LogP contribution >= 0.6 is 0 Å². The fourth-order valence-electron chi connectivity index (χ4n) is 2.43. The number of para-hydroxylation sites is 2. The van der Waals surface area contributed by atoms with Gasteiger partial charge in [0.05, 0.1) is 23.8 Å². The third-order valence-electron chi connectivity index (χ3n) is 3.58. The summed E-state index contributed by atoms with van der Waals surface area (Å²) >= 11 is 0. The smallest absolute Gasteiger partial charge is 0.235 e. The Morgan fingerprint density at radius 3 is 2.86 bits per heavy atom. The Morgan fingerprint density at radius 2 is 2.10 bits per heavy atom. The lowest BCUT2D eigenvalue weighted by atomic mass is 10.1. The number of nitrogens with one attached hydrogen (secondary N) is 1. The molecular formula is C15H18N4O2. The first-order valence-corrected chi connectivity index (χ1v) is 7.13. The lowest BCUT2D eigenvalue weighted by Crippen LogP contribution is -2.30.